The molecule has 0 atom stereocenters. The van der Waals surface area contributed by atoms with Crippen molar-refractivity contribution in [3.8, 4) is 0 Å². The number of fused-ring (bicyclic) bond motifs is 1. The Labute approximate surface area is 119 Å². The highest BCUT2D eigenvalue weighted by molar-refractivity contribution is 6.52. The highest BCUT2D eigenvalue weighted by Crippen LogP contribution is 2.30. The van der Waals surface area contributed by atoms with Gasteiger partial charge in [0.15, 0.2) is 0 Å². The maximum absolute atomic E-state index is 12.3. The van der Waals surface area contributed by atoms with E-state index in [2.05, 4.69) is 0 Å². The number of halogens is 2. The lowest BCUT2D eigenvalue weighted by molar-refractivity contribution is -0.355. The van der Waals surface area contributed by atoms with Crippen molar-refractivity contribution in [3.63, 3.8) is 0 Å². The number of carbonyl (C=O) groups is 1. The van der Waals surface area contributed by atoms with Gasteiger partial charge < -0.3 is 5.21 Å². The molecular formula is C14H7Cl2NO2. The van der Waals surface area contributed by atoms with Crippen molar-refractivity contribution in [3.05, 3.63) is 68.8 Å². The Morgan fingerprint density at radius 1 is 1.00 bits per heavy atom. The molecule has 0 aliphatic carbocycles. The fraction of sp³-hybridized carbons (Fsp3) is 0. The zero-order valence-corrected chi connectivity index (χ0v) is 11.1. The summed E-state index contributed by atoms with van der Waals surface area (Å²) in [5, 5.41) is 13.1. The van der Waals surface area contributed by atoms with Crippen LogP contribution < -0.4 is 0 Å². The smallest absolute Gasteiger partial charge is 0.273 e. The molecule has 2 aromatic carbocycles. The fourth-order valence-corrected chi connectivity index (χ4v) is 2.45. The molecule has 94 valence electrons. The molecule has 1 aliphatic heterocycles. The molecule has 0 saturated carbocycles. The predicted octanol–water partition coefficient (Wildman–Crippen LogP) is 3.82. The first-order valence-corrected chi connectivity index (χ1v) is 6.28. The van der Waals surface area contributed by atoms with Crippen LogP contribution in [0.25, 0.3) is 0 Å². The fourth-order valence-electron chi connectivity index (χ4n) is 2.09. The molecule has 19 heavy (non-hydrogen) atoms. The van der Waals surface area contributed by atoms with Crippen LogP contribution in [0.3, 0.4) is 0 Å². The first-order chi connectivity index (χ1) is 9.08. The number of rotatable bonds is 1. The third-order valence-corrected chi connectivity index (χ3v) is 3.41. The van der Waals surface area contributed by atoms with E-state index >= 15 is 0 Å². The lowest BCUT2D eigenvalue weighted by Crippen LogP contribution is -2.16. The van der Waals surface area contributed by atoms with Gasteiger partial charge in [0.05, 0.1) is 5.56 Å². The number of ketones is 1. The van der Waals surface area contributed by atoms with Gasteiger partial charge in [0.2, 0.25) is 5.69 Å². The summed E-state index contributed by atoms with van der Waals surface area (Å²) in [6, 6.07) is 11.3. The van der Waals surface area contributed by atoms with E-state index in [-0.39, 0.29) is 11.5 Å². The van der Waals surface area contributed by atoms with Gasteiger partial charge in [-0.2, -0.15) is 4.74 Å². The van der Waals surface area contributed by atoms with Crippen LogP contribution in [-0.4, -0.2) is 16.2 Å². The van der Waals surface area contributed by atoms with Gasteiger partial charge in [0.1, 0.15) is 5.56 Å². The molecule has 0 spiro atoms. The summed E-state index contributed by atoms with van der Waals surface area (Å²) in [4.78, 5) is 12.3. The second kappa shape index (κ2) is 4.37. The minimum absolute atomic E-state index is 0.0692. The number of carbonyl (C=O) groups excluding carboxylic acids is 1. The number of Topliss-reactive ketones (excluding diaryl/α,β-unsaturated/α-hetero) is 1. The van der Waals surface area contributed by atoms with Crippen molar-refractivity contribution in [1.82, 2.24) is 0 Å². The standard InChI is InChI=1S/C14H7Cl2NO2/c15-9-3-1-2-8(6-9)13-14(18)11-7-10(16)4-5-12(11)17(13)19/h1-7H. The predicted molar refractivity (Wildman–Crippen MR) is 74.6 cm³/mol. The Kier molecular flexibility index (Phi) is 2.81. The number of hydrogen-bond acceptors (Lipinski definition) is 2. The molecule has 0 fully saturated rings. The van der Waals surface area contributed by atoms with E-state index in [1.54, 1.807) is 36.4 Å². The molecule has 0 bridgehead atoms. The summed E-state index contributed by atoms with van der Waals surface area (Å²) in [7, 11) is 0. The Bertz CT molecular complexity index is 738. The maximum Gasteiger partial charge on any atom is 0.273 e. The van der Waals surface area contributed by atoms with Crippen molar-refractivity contribution < 1.29 is 9.53 Å². The molecule has 0 unspecified atom stereocenters. The topological polar surface area (TPSA) is 43.1 Å². The molecule has 5 heteroatoms. The van der Waals surface area contributed by atoms with Crippen LogP contribution in [0.1, 0.15) is 15.9 Å². The first kappa shape index (κ1) is 12.2. The van der Waals surface area contributed by atoms with E-state index < -0.39 is 0 Å². The summed E-state index contributed by atoms with van der Waals surface area (Å²) < 4.78 is 0.625. The van der Waals surface area contributed by atoms with Gasteiger partial charge in [0, 0.05) is 16.1 Å². The summed E-state index contributed by atoms with van der Waals surface area (Å²) in [5.74, 6) is -0.338. The van der Waals surface area contributed by atoms with Crippen LogP contribution in [0.5, 0.6) is 0 Å². The highest BCUT2D eigenvalue weighted by Gasteiger charge is 2.36. The van der Waals surface area contributed by atoms with E-state index in [1.165, 1.54) is 6.07 Å². The van der Waals surface area contributed by atoms with Gasteiger partial charge in [-0.1, -0.05) is 29.3 Å². The molecule has 1 heterocycles. The molecule has 3 nitrogen and oxygen atoms in total. The van der Waals surface area contributed by atoms with E-state index in [9.17, 15) is 10.0 Å². The Morgan fingerprint density at radius 3 is 2.47 bits per heavy atom. The van der Waals surface area contributed by atoms with Crippen molar-refractivity contribution >= 4 is 40.4 Å². The lowest BCUT2D eigenvalue weighted by atomic mass is 10.0. The summed E-state index contributed by atoms with van der Waals surface area (Å²) in [6.45, 7) is 0. The van der Waals surface area contributed by atoms with Crippen LogP contribution in [0.4, 0.5) is 5.69 Å². The van der Waals surface area contributed by atoms with Crippen LogP contribution >= 0.6 is 23.2 Å². The summed E-state index contributed by atoms with van der Waals surface area (Å²) in [5.41, 5.74) is 1.20. The van der Waals surface area contributed by atoms with Gasteiger partial charge in [0.25, 0.3) is 11.5 Å². The molecule has 1 aliphatic rings. The van der Waals surface area contributed by atoms with Crippen molar-refractivity contribution in [1.29, 1.82) is 0 Å². The second-order valence-electron chi connectivity index (χ2n) is 4.14. The quantitative estimate of drug-likeness (QED) is 0.592. The SMILES string of the molecule is O=C1C(c2cccc(Cl)c2)=[N+]([O-])c2ccc(Cl)cc21. The number of hydrogen-bond donors (Lipinski definition) is 0. The van der Waals surface area contributed by atoms with Crippen LogP contribution in [0.15, 0.2) is 42.5 Å². The highest BCUT2D eigenvalue weighted by atomic mass is 35.5. The molecule has 3 rings (SSSR count). The Hall–Kier alpha value is -1.84. The number of benzene rings is 2. The largest absolute Gasteiger partial charge is 0.618 e. The van der Waals surface area contributed by atoms with Gasteiger partial charge in [-0.05, 0) is 30.3 Å². The number of nitrogens with zero attached hydrogens (tertiary/aromatic N) is 1. The molecule has 0 radical (unpaired) electrons. The Balaban J connectivity index is 2.20. The normalized spacial score (nSPS) is 13.9. The maximum atomic E-state index is 12.3. The first-order valence-electron chi connectivity index (χ1n) is 5.52. The lowest BCUT2D eigenvalue weighted by Gasteiger charge is -2.02. The summed E-state index contributed by atoms with van der Waals surface area (Å²) >= 11 is 11.7. The Morgan fingerprint density at radius 2 is 1.74 bits per heavy atom. The van der Waals surface area contributed by atoms with E-state index in [4.69, 9.17) is 23.2 Å². The van der Waals surface area contributed by atoms with Crippen molar-refractivity contribution in [2.24, 2.45) is 0 Å². The van der Waals surface area contributed by atoms with Crippen molar-refractivity contribution in [2.75, 3.05) is 0 Å². The zero-order valence-electron chi connectivity index (χ0n) is 9.56. The zero-order chi connectivity index (χ0) is 13.6. The summed E-state index contributed by atoms with van der Waals surface area (Å²) in [6.07, 6.45) is 0. The van der Waals surface area contributed by atoms with E-state index in [0.29, 0.717) is 31.6 Å². The van der Waals surface area contributed by atoms with Gasteiger partial charge >= 0.3 is 0 Å². The van der Waals surface area contributed by atoms with Gasteiger partial charge in [-0.3, -0.25) is 4.79 Å². The third-order valence-electron chi connectivity index (χ3n) is 2.94. The monoisotopic (exact) mass is 291 g/mol. The minimum Gasteiger partial charge on any atom is -0.618 e. The second-order valence-corrected chi connectivity index (χ2v) is 5.02. The third kappa shape index (κ3) is 1.91. The molecular weight excluding hydrogens is 285 g/mol. The molecule has 0 saturated heterocycles. The van der Waals surface area contributed by atoms with Crippen LogP contribution in [0, 0.1) is 5.21 Å². The molecule has 0 aromatic heterocycles. The minimum atomic E-state index is -0.338. The molecule has 0 amide bonds. The van der Waals surface area contributed by atoms with Crippen molar-refractivity contribution in [2.45, 2.75) is 0 Å². The van der Waals surface area contributed by atoms with E-state index in [1.807, 2.05) is 0 Å². The van der Waals surface area contributed by atoms with Gasteiger partial charge in [-0.15, -0.1) is 0 Å². The molecule has 0 N–H and O–H groups in total. The van der Waals surface area contributed by atoms with Crippen LogP contribution in [-0.2, 0) is 0 Å². The average molecular weight is 292 g/mol. The van der Waals surface area contributed by atoms with Gasteiger partial charge in [-0.25, -0.2) is 0 Å². The molecule has 2 aromatic rings. The van der Waals surface area contributed by atoms with Crippen LogP contribution in [0.2, 0.25) is 10.0 Å². The van der Waals surface area contributed by atoms with E-state index in [0.717, 1.165) is 0 Å². The average Bonchev–Trinajstić information content (AvgIpc) is 2.61.